The summed E-state index contributed by atoms with van der Waals surface area (Å²) in [4.78, 5) is 12.3. The van der Waals surface area contributed by atoms with Crippen molar-refractivity contribution in [1.82, 2.24) is 10.2 Å². The SMILES string of the molecule is CC(C=O)=CNCCCS(=O)(=O)O.CCCN(C)C. The summed E-state index contributed by atoms with van der Waals surface area (Å²) in [5.41, 5.74) is 0.534. The second-order valence-corrected chi connectivity index (χ2v) is 5.98. The van der Waals surface area contributed by atoms with Crippen LogP contribution in [0.3, 0.4) is 0 Å². The molecule has 0 bridgehead atoms. The Hall–Kier alpha value is -0.920. The summed E-state index contributed by atoms with van der Waals surface area (Å²) in [6.07, 6.45) is 3.75. The van der Waals surface area contributed by atoms with Crippen LogP contribution < -0.4 is 5.32 Å². The van der Waals surface area contributed by atoms with Crippen LogP contribution in [0.15, 0.2) is 11.8 Å². The Morgan fingerprint density at radius 3 is 2.26 bits per heavy atom. The third-order valence-electron chi connectivity index (χ3n) is 1.91. The molecule has 0 aromatic carbocycles. The quantitative estimate of drug-likeness (QED) is 0.299. The number of hydrogen-bond donors (Lipinski definition) is 2. The molecule has 6 nitrogen and oxygen atoms in total. The minimum atomic E-state index is -3.86. The molecule has 0 spiro atoms. The van der Waals surface area contributed by atoms with Crippen LogP contribution in [0, 0.1) is 0 Å². The third kappa shape index (κ3) is 22.7. The van der Waals surface area contributed by atoms with Gasteiger partial charge in [-0.2, -0.15) is 8.42 Å². The molecule has 0 unspecified atom stereocenters. The molecule has 0 saturated heterocycles. The van der Waals surface area contributed by atoms with Crippen molar-refractivity contribution >= 4 is 16.4 Å². The number of carbonyl (C=O) groups is 1. The van der Waals surface area contributed by atoms with Crippen molar-refractivity contribution < 1.29 is 17.8 Å². The fourth-order valence-electron chi connectivity index (χ4n) is 1.07. The largest absolute Gasteiger partial charge is 0.391 e. The Morgan fingerprint density at radius 2 is 1.95 bits per heavy atom. The van der Waals surface area contributed by atoms with E-state index in [1.54, 1.807) is 6.92 Å². The average Bonchev–Trinajstić information content (AvgIpc) is 2.27. The van der Waals surface area contributed by atoms with Crippen molar-refractivity contribution in [3.8, 4) is 0 Å². The van der Waals surface area contributed by atoms with E-state index in [-0.39, 0.29) is 5.75 Å². The standard InChI is InChI=1S/C7H13NO4S.C5H13N/c1-7(6-9)5-8-3-2-4-13(10,11)12;1-4-5-6(2)3/h5-6,8H,2-4H2,1H3,(H,10,11,12);4-5H2,1-3H3. The van der Waals surface area contributed by atoms with Crippen LogP contribution in [0.1, 0.15) is 26.7 Å². The number of rotatable bonds is 8. The lowest BCUT2D eigenvalue weighted by molar-refractivity contribution is -0.104. The number of aldehydes is 1. The van der Waals surface area contributed by atoms with Gasteiger partial charge in [-0.15, -0.1) is 0 Å². The van der Waals surface area contributed by atoms with Gasteiger partial charge in [0.1, 0.15) is 6.29 Å². The maximum atomic E-state index is 10.2. The van der Waals surface area contributed by atoms with Gasteiger partial charge in [-0.05, 0) is 40.4 Å². The zero-order valence-electron chi connectivity index (χ0n) is 12.2. The molecular weight excluding hydrogens is 268 g/mol. The van der Waals surface area contributed by atoms with E-state index >= 15 is 0 Å². The molecule has 7 heteroatoms. The predicted molar refractivity (Wildman–Crippen MR) is 77.7 cm³/mol. The van der Waals surface area contributed by atoms with E-state index in [9.17, 15) is 13.2 Å². The van der Waals surface area contributed by atoms with E-state index in [2.05, 4.69) is 31.2 Å². The van der Waals surface area contributed by atoms with Crippen LogP contribution in [0.25, 0.3) is 0 Å². The fourth-order valence-corrected chi connectivity index (χ4v) is 1.58. The van der Waals surface area contributed by atoms with Crippen molar-refractivity contribution in [2.24, 2.45) is 0 Å². The van der Waals surface area contributed by atoms with Gasteiger partial charge in [-0.1, -0.05) is 6.92 Å². The summed E-state index contributed by atoms with van der Waals surface area (Å²) in [6, 6.07) is 0. The Kier molecular flexibility index (Phi) is 13.0. The van der Waals surface area contributed by atoms with E-state index in [4.69, 9.17) is 4.55 Å². The van der Waals surface area contributed by atoms with E-state index in [0.29, 0.717) is 24.8 Å². The fraction of sp³-hybridized carbons (Fsp3) is 0.750. The van der Waals surface area contributed by atoms with Gasteiger partial charge in [0.05, 0.1) is 5.75 Å². The lowest BCUT2D eigenvalue weighted by Crippen LogP contribution is -2.13. The van der Waals surface area contributed by atoms with Gasteiger partial charge in [0.25, 0.3) is 10.1 Å². The number of nitrogens with one attached hydrogen (secondary N) is 1. The van der Waals surface area contributed by atoms with Crippen molar-refractivity contribution in [1.29, 1.82) is 0 Å². The normalized spacial score (nSPS) is 11.8. The minimum Gasteiger partial charge on any atom is -0.391 e. The summed E-state index contributed by atoms with van der Waals surface area (Å²) in [5, 5.41) is 2.74. The van der Waals surface area contributed by atoms with E-state index in [1.165, 1.54) is 19.2 Å². The van der Waals surface area contributed by atoms with Crippen molar-refractivity contribution in [3.05, 3.63) is 11.8 Å². The summed E-state index contributed by atoms with van der Waals surface area (Å²) in [6.45, 7) is 5.42. The molecule has 0 amide bonds. The van der Waals surface area contributed by atoms with E-state index in [0.717, 1.165) is 0 Å². The molecule has 0 aliphatic heterocycles. The van der Waals surface area contributed by atoms with Crippen molar-refractivity contribution in [3.63, 3.8) is 0 Å². The first-order chi connectivity index (χ1) is 8.72. The van der Waals surface area contributed by atoms with Gasteiger partial charge in [0.15, 0.2) is 0 Å². The molecular formula is C12H26N2O4S. The molecule has 0 rings (SSSR count). The smallest absolute Gasteiger partial charge is 0.264 e. The van der Waals surface area contributed by atoms with Crippen LogP contribution in [0.4, 0.5) is 0 Å². The van der Waals surface area contributed by atoms with Gasteiger partial charge >= 0.3 is 0 Å². The van der Waals surface area contributed by atoms with Gasteiger partial charge in [0.2, 0.25) is 0 Å². The van der Waals surface area contributed by atoms with Gasteiger partial charge < -0.3 is 10.2 Å². The Balaban J connectivity index is 0. The molecule has 0 aromatic rings. The zero-order chi connectivity index (χ0) is 15.3. The molecule has 114 valence electrons. The van der Waals surface area contributed by atoms with Gasteiger partial charge in [-0.3, -0.25) is 9.35 Å². The molecule has 19 heavy (non-hydrogen) atoms. The molecule has 0 fully saturated rings. The predicted octanol–water partition coefficient (Wildman–Crippen LogP) is 0.915. The number of allylic oxidation sites excluding steroid dienone is 1. The zero-order valence-corrected chi connectivity index (χ0v) is 13.0. The molecule has 0 saturated carbocycles. The number of nitrogens with zero attached hydrogens (tertiary/aromatic N) is 1. The molecule has 0 aromatic heterocycles. The second-order valence-electron chi connectivity index (χ2n) is 4.40. The topological polar surface area (TPSA) is 86.7 Å². The number of hydrogen-bond acceptors (Lipinski definition) is 5. The lowest BCUT2D eigenvalue weighted by Gasteiger charge is -2.03. The highest BCUT2D eigenvalue weighted by Gasteiger charge is 2.01. The summed E-state index contributed by atoms with van der Waals surface area (Å²) < 4.78 is 28.8. The minimum absolute atomic E-state index is 0.270. The Labute approximate surface area is 116 Å². The van der Waals surface area contributed by atoms with Gasteiger partial charge in [0, 0.05) is 18.3 Å². The van der Waals surface area contributed by atoms with Crippen LogP contribution in [-0.2, 0) is 14.9 Å². The van der Waals surface area contributed by atoms with Crippen LogP contribution in [-0.4, -0.2) is 57.1 Å². The van der Waals surface area contributed by atoms with E-state index < -0.39 is 10.1 Å². The summed E-state index contributed by atoms with van der Waals surface area (Å²) in [7, 11) is 0.313. The molecule has 0 atom stereocenters. The molecule has 0 aliphatic rings. The van der Waals surface area contributed by atoms with Crippen LogP contribution >= 0.6 is 0 Å². The highest BCUT2D eigenvalue weighted by Crippen LogP contribution is 1.87. The van der Waals surface area contributed by atoms with Crippen molar-refractivity contribution in [2.45, 2.75) is 26.7 Å². The first-order valence-electron chi connectivity index (χ1n) is 6.18. The number of carbonyl (C=O) groups excluding carboxylic acids is 1. The highest BCUT2D eigenvalue weighted by molar-refractivity contribution is 7.85. The van der Waals surface area contributed by atoms with Gasteiger partial charge in [-0.25, -0.2) is 0 Å². The van der Waals surface area contributed by atoms with Crippen LogP contribution in [0.5, 0.6) is 0 Å². The molecule has 0 radical (unpaired) electrons. The molecule has 0 heterocycles. The Bertz CT molecular complexity index is 351. The first kappa shape index (κ1) is 20.4. The highest BCUT2D eigenvalue weighted by atomic mass is 32.2. The maximum absolute atomic E-state index is 10.2. The molecule has 2 N–H and O–H groups in total. The summed E-state index contributed by atoms with van der Waals surface area (Å²) in [5.74, 6) is -0.270. The van der Waals surface area contributed by atoms with Crippen molar-refractivity contribution in [2.75, 3.05) is 32.9 Å². The maximum Gasteiger partial charge on any atom is 0.264 e. The van der Waals surface area contributed by atoms with Crippen LogP contribution in [0.2, 0.25) is 0 Å². The first-order valence-corrected chi connectivity index (χ1v) is 7.79. The summed E-state index contributed by atoms with van der Waals surface area (Å²) >= 11 is 0. The van der Waals surface area contributed by atoms with E-state index in [1.807, 2.05) is 0 Å². The monoisotopic (exact) mass is 294 g/mol. The third-order valence-corrected chi connectivity index (χ3v) is 2.71. The average molecular weight is 294 g/mol. The second kappa shape index (κ2) is 12.1. The lowest BCUT2D eigenvalue weighted by atomic mass is 10.4. The Morgan fingerprint density at radius 1 is 1.37 bits per heavy atom. The molecule has 0 aliphatic carbocycles.